The molecule has 0 aliphatic carbocycles. The van der Waals surface area contributed by atoms with Crippen LogP contribution in [0, 0.1) is 5.82 Å². The van der Waals surface area contributed by atoms with E-state index in [9.17, 15) is 18.0 Å². The van der Waals surface area contributed by atoms with Crippen LogP contribution in [0.1, 0.15) is 18.5 Å². The molecule has 2 heterocycles. The summed E-state index contributed by atoms with van der Waals surface area (Å²) in [6, 6.07) is 12.2. The zero-order valence-corrected chi connectivity index (χ0v) is 19.2. The summed E-state index contributed by atoms with van der Waals surface area (Å²) in [7, 11) is 0. The van der Waals surface area contributed by atoms with E-state index >= 15 is 0 Å². The van der Waals surface area contributed by atoms with Gasteiger partial charge in [-0.1, -0.05) is 24.3 Å². The van der Waals surface area contributed by atoms with Gasteiger partial charge in [0.25, 0.3) is 0 Å². The van der Waals surface area contributed by atoms with Gasteiger partial charge in [-0.25, -0.2) is 14.2 Å². The fourth-order valence-electron chi connectivity index (χ4n) is 3.82. The van der Waals surface area contributed by atoms with E-state index in [2.05, 4.69) is 14.7 Å². The normalized spacial score (nSPS) is 12.3. The quantitative estimate of drug-likeness (QED) is 0.337. The van der Waals surface area contributed by atoms with Crippen LogP contribution in [0.15, 0.2) is 59.5 Å². The van der Waals surface area contributed by atoms with E-state index in [1.54, 1.807) is 43.3 Å². The molecule has 1 N–H and O–H groups in total. The van der Waals surface area contributed by atoms with Gasteiger partial charge in [0.05, 0.1) is 18.2 Å². The lowest BCUT2D eigenvalue weighted by atomic mass is 10.1. The molecule has 0 spiro atoms. The molecule has 2 aromatic heterocycles. The van der Waals surface area contributed by atoms with Crippen molar-refractivity contribution < 1.29 is 22.6 Å². The minimum absolute atomic E-state index is 0.0811. The highest BCUT2D eigenvalue weighted by Crippen LogP contribution is 2.34. The summed E-state index contributed by atoms with van der Waals surface area (Å²) in [5.41, 5.74) is 2.05. The molecule has 0 saturated heterocycles. The van der Waals surface area contributed by atoms with Gasteiger partial charge in [0, 0.05) is 23.1 Å². The molecule has 6 nitrogen and oxygen atoms in total. The number of nitrogens with one attached hydrogen (secondary N) is 1. The van der Waals surface area contributed by atoms with Gasteiger partial charge in [0.1, 0.15) is 5.82 Å². The predicted molar refractivity (Wildman–Crippen MR) is 127 cm³/mol. The van der Waals surface area contributed by atoms with Crippen molar-refractivity contribution in [2.45, 2.75) is 19.6 Å². The summed E-state index contributed by atoms with van der Waals surface area (Å²) >= 11 is 1.51. The van der Waals surface area contributed by atoms with Gasteiger partial charge in [-0.3, -0.25) is 4.57 Å². The molecular weight excluding hydrogens is 467 g/mol. The number of aromatic amines is 1. The lowest BCUT2D eigenvalue weighted by Gasteiger charge is -2.20. The van der Waals surface area contributed by atoms with E-state index in [1.165, 1.54) is 34.7 Å². The molecule has 4 aromatic rings. The molecule has 0 aliphatic rings. The number of H-pyrrole nitrogens is 1. The Bertz CT molecular complexity index is 1360. The molecule has 0 aliphatic heterocycles. The lowest BCUT2D eigenvalue weighted by Crippen LogP contribution is -2.25. The number of halogens is 3. The van der Waals surface area contributed by atoms with Gasteiger partial charge in [-0.05, 0) is 43.0 Å². The second-order valence-electron chi connectivity index (χ2n) is 7.36. The Morgan fingerprint density at radius 1 is 1.15 bits per heavy atom. The lowest BCUT2D eigenvalue weighted by molar-refractivity contribution is -0.0514. The molecule has 1 unspecified atom stereocenters. The first kappa shape index (κ1) is 23.7. The van der Waals surface area contributed by atoms with Crippen molar-refractivity contribution in [3.05, 3.63) is 76.6 Å². The Labute approximate surface area is 197 Å². The fraction of sp³-hybridized carbons (Fsp3) is 0.250. The monoisotopic (exact) mass is 489 g/mol. The van der Waals surface area contributed by atoms with Gasteiger partial charge in [-0.2, -0.15) is 20.5 Å². The smallest absolute Gasteiger partial charge is 0.387 e. The van der Waals surface area contributed by atoms with Crippen LogP contribution in [0.3, 0.4) is 0 Å². The topological polar surface area (TPSA) is 69.1 Å². The van der Waals surface area contributed by atoms with E-state index in [4.69, 9.17) is 4.74 Å². The Balaban J connectivity index is 1.80. The first-order valence-corrected chi connectivity index (χ1v) is 11.9. The summed E-state index contributed by atoms with van der Waals surface area (Å²) in [6.07, 6.45) is 3.42. The zero-order chi connectivity index (χ0) is 24.2. The Kier molecular flexibility index (Phi) is 7.16. The van der Waals surface area contributed by atoms with Crippen molar-refractivity contribution in [1.29, 1.82) is 0 Å². The summed E-state index contributed by atoms with van der Waals surface area (Å²) in [6.45, 7) is -1.00. The number of aromatic nitrogens is 3. The molecule has 0 bridgehead atoms. The maximum Gasteiger partial charge on any atom is 0.387 e. The summed E-state index contributed by atoms with van der Waals surface area (Å²) in [5.74, 6) is 0.196. The van der Waals surface area contributed by atoms with Crippen molar-refractivity contribution in [3.63, 3.8) is 0 Å². The van der Waals surface area contributed by atoms with Gasteiger partial charge in [0.2, 0.25) is 0 Å². The molecule has 2 aromatic carbocycles. The zero-order valence-electron chi connectivity index (χ0n) is 18.4. The maximum absolute atomic E-state index is 14.2. The number of hydrogen-bond donors (Lipinski definition) is 1. The number of benzene rings is 2. The van der Waals surface area contributed by atoms with Crippen LogP contribution in [0.2, 0.25) is 0 Å². The van der Waals surface area contributed by atoms with Gasteiger partial charge in [-0.15, -0.1) is 0 Å². The largest absolute Gasteiger partial charge is 0.490 e. The van der Waals surface area contributed by atoms with Crippen LogP contribution in [0.4, 0.5) is 13.2 Å². The Morgan fingerprint density at radius 2 is 1.94 bits per heavy atom. The average molecular weight is 490 g/mol. The van der Waals surface area contributed by atoms with E-state index < -0.39 is 18.3 Å². The number of thioether (sulfide) groups is 1. The SMILES string of the molecule is CCOc1cc(C(CSC)n2c(=O)[nH]c3cc(-c4ccccc4F)cnc32)ccc1OC(F)F. The van der Waals surface area contributed by atoms with Crippen LogP contribution in [-0.4, -0.2) is 39.8 Å². The van der Waals surface area contributed by atoms with Gasteiger partial charge in [0.15, 0.2) is 17.1 Å². The van der Waals surface area contributed by atoms with Crippen LogP contribution >= 0.6 is 11.8 Å². The first-order chi connectivity index (χ1) is 16.4. The minimum atomic E-state index is -2.99. The molecule has 10 heteroatoms. The second kappa shape index (κ2) is 10.3. The molecule has 178 valence electrons. The highest BCUT2D eigenvalue weighted by molar-refractivity contribution is 7.98. The average Bonchev–Trinajstić information content (AvgIpc) is 3.13. The standard InChI is InChI=1S/C24H22F3N3O3S/c1-3-32-21-11-14(8-9-20(21)33-23(26)27)19(13-34-2)30-22-18(29-24(30)31)10-15(12-28-22)16-6-4-5-7-17(16)25/h4-12,19,23H,3,13H2,1-2H3,(H,29,31). The summed E-state index contributed by atoms with van der Waals surface area (Å²) in [4.78, 5) is 20.3. The number of rotatable bonds is 9. The molecule has 34 heavy (non-hydrogen) atoms. The molecule has 0 fully saturated rings. The maximum atomic E-state index is 14.2. The number of alkyl halides is 2. The number of imidazole rings is 1. The molecular formula is C24H22F3N3O3S. The molecule has 1 atom stereocenters. The summed E-state index contributed by atoms with van der Waals surface area (Å²) in [5, 5.41) is 0. The van der Waals surface area contributed by atoms with Gasteiger partial charge >= 0.3 is 12.3 Å². The van der Waals surface area contributed by atoms with Crippen molar-refractivity contribution in [1.82, 2.24) is 14.5 Å². The van der Waals surface area contributed by atoms with Crippen molar-refractivity contribution in [2.24, 2.45) is 0 Å². The number of fused-ring (bicyclic) bond motifs is 1. The number of nitrogens with zero attached hydrogens (tertiary/aromatic N) is 2. The summed E-state index contributed by atoms with van der Waals surface area (Å²) < 4.78 is 51.4. The van der Waals surface area contributed by atoms with Crippen molar-refractivity contribution in [3.8, 4) is 22.6 Å². The predicted octanol–water partition coefficient (Wildman–Crippen LogP) is 5.48. The van der Waals surface area contributed by atoms with Crippen LogP contribution in [0.25, 0.3) is 22.3 Å². The van der Waals surface area contributed by atoms with E-state index in [-0.39, 0.29) is 23.9 Å². The highest BCUT2D eigenvalue weighted by atomic mass is 32.2. The third-order valence-corrected chi connectivity index (χ3v) is 5.89. The third-order valence-electron chi connectivity index (χ3n) is 5.24. The Hall–Kier alpha value is -3.40. The number of pyridine rings is 1. The first-order valence-electron chi connectivity index (χ1n) is 10.5. The van der Waals surface area contributed by atoms with Crippen molar-refractivity contribution in [2.75, 3.05) is 18.6 Å². The molecule has 0 saturated carbocycles. The van der Waals surface area contributed by atoms with Gasteiger partial charge < -0.3 is 14.5 Å². The highest BCUT2D eigenvalue weighted by Gasteiger charge is 2.23. The minimum Gasteiger partial charge on any atom is -0.490 e. The van der Waals surface area contributed by atoms with E-state index in [1.807, 2.05) is 6.26 Å². The van der Waals surface area contributed by atoms with Crippen LogP contribution in [-0.2, 0) is 0 Å². The fourth-order valence-corrected chi connectivity index (χ4v) is 4.47. The van der Waals surface area contributed by atoms with E-state index in [0.717, 1.165) is 0 Å². The van der Waals surface area contributed by atoms with E-state index in [0.29, 0.717) is 33.6 Å². The second-order valence-corrected chi connectivity index (χ2v) is 8.27. The van der Waals surface area contributed by atoms with Crippen molar-refractivity contribution >= 4 is 22.9 Å². The van der Waals surface area contributed by atoms with Crippen LogP contribution < -0.4 is 15.2 Å². The molecule has 4 rings (SSSR count). The number of ether oxygens (including phenoxy) is 2. The number of hydrogen-bond acceptors (Lipinski definition) is 5. The molecule has 0 amide bonds. The third kappa shape index (κ3) is 4.77. The molecule has 0 radical (unpaired) electrons. The Morgan fingerprint density at radius 3 is 2.65 bits per heavy atom. The van der Waals surface area contributed by atoms with Crippen LogP contribution in [0.5, 0.6) is 11.5 Å².